The van der Waals surface area contributed by atoms with Crippen molar-refractivity contribution in [2.75, 3.05) is 0 Å². The Labute approximate surface area is 161 Å². The van der Waals surface area contributed by atoms with Crippen LogP contribution >= 0.6 is 0 Å². The predicted octanol–water partition coefficient (Wildman–Crippen LogP) is 4.66. The van der Waals surface area contributed by atoms with Gasteiger partial charge in [0.2, 0.25) is 0 Å². The fourth-order valence-corrected chi connectivity index (χ4v) is 3.02. The van der Waals surface area contributed by atoms with E-state index in [0.717, 1.165) is 11.4 Å². The largest absolute Gasteiger partial charge is 0.434 e. The van der Waals surface area contributed by atoms with Gasteiger partial charge in [0.15, 0.2) is 5.69 Å². The molecular weight excluding hydrogens is 364 g/mol. The Hall–Kier alpha value is -3.22. The van der Waals surface area contributed by atoms with Crippen molar-refractivity contribution in [2.24, 2.45) is 0 Å². The van der Waals surface area contributed by atoms with Crippen LogP contribution in [-0.2, 0) is 0 Å². The van der Waals surface area contributed by atoms with Crippen LogP contribution in [0.1, 0.15) is 41.1 Å². The van der Waals surface area contributed by atoms with E-state index in [2.05, 4.69) is 15.2 Å². The summed E-state index contributed by atoms with van der Waals surface area (Å²) in [4.78, 5) is 12.7. The Kier molecular flexibility index (Phi) is 6.03. The van der Waals surface area contributed by atoms with Crippen molar-refractivity contribution >= 4 is 5.91 Å². The van der Waals surface area contributed by atoms with Gasteiger partial charge in [-0.15, -0.1) is 0 Å². The number of aryl methyl sites for hydroxylation is 1. The maximum absolute atomic E-state index is 12.7. The summed E-state index contributed by atoms with van der Waals surface area (Å²) in [5.74, 6) is -0.327. The number of nitrogens with zero attached hydrogens (tertiary/aromatic N) is 2. The van der Waals surface area contributed by atoms with Crippen molar-refractivity contribution in [1.29, 1.82) is 0 Å². The van der Waals surface area contributed by atoms with E-state index in [1.165, 1.54) is 6.07 Å². The summed E-state index contributed by atoms with van der Waals surface area (Å²) in [7, 11) is 0. The normalized spacial score (nSPS) is 12.0. The Bertz CT molecular complexity index is 942. The van der Waals surface area contributed by atoms with Crippen LogP contribution in [0.25, 0.3) is 5.69 Å². The molecule has 0 saturated carbocycles. The van der Waals surface area contributed by atoms with Crippen LogP contribution in [0.3, 0.4) is 0 Å². The predicted molar refractivity (Wildman–Crippen MR) is 102 cm³/mol. The van der Waals surface area contributed by atoms with Crippen LogP contribution in [0.2, 0.25) is 0 Å². The third kappa shape index (κ3) is 4.36. The molecule has 7 heteroatoms. The minimum absolute atomic E-state index is 0.0515. The summed E-state index contributed by atoms with van der Waals surface area (Å²) in [5.41, 5.74) is 2.41. The standard InChI is InChI=1S/C21H21F2N3O2/c1-3-17(16-11-7-8-12-19(16)28-21(22)23)24-20(27)18-13-14(2)26(25-18)15-9-5-4-6-10-15/h4-13,17,21H,3H2,1-2H3,(H,24,27). The number of ether oxygens (including phenoxy) is 1. The lowest BCUT2D eigenvalue weighted by Gasteiger charge is -2.20. The van der Waals surface area contributed by atoms with Gasteiger partial charge in [0, 0.05) is 11.3 Å². The maximum atomic E-state index is 12.7. The van der Waals surface area contributed by atoms with Crippen LogP contribution < -0.4 is 10.1 Å². The van der Waals surface area contributed by atoms with E-state index in [1.54, 1.807) is 28.9 Å². The zero-order valence-corrected chi connectivity index (χ0v) is 15.6. The summed E-state index contributed by atoms with van der Waals surface area (Å²) >= 11 is 0. The molecule has 5 nitrogen and oxygen atoms in total. The van der Waals surface area contributed by atoms with Crippen LogP contribution in [-0.4, -0.2) is 22.3 Å². The van der Waals surface area contributed by atoms with E-state index in [9.17, 15) is 13.6 Å². The highest BCUT2D eigenvalue weighted by Gasteiger charge is 2.21. The van der Waals surface area contributed by atoms with Gasteiger partial charge < -0.3 is 10.1 Å². The number of rotatable bonds is 7. The average Bonchev–Trinajstić information content (AvgIpc) is 3.09. The molecule has 28 heavy (non-hydrogen) atoms. The summed E-state index contributed by atoms with van der Waals surface area (Å²) in [6.07, 6.45) is 0.508. The van der Waals surface area contributed by atoms with Gasteiger partial charge in [-0.05, 0) is 37.6 Å². The molecule has 0 spiro atoms. The van der Waals surface area contributed by atoms with Crippen LogP contribution in [0.15, 0.2) is 60.7 Å². The van der Waals surface area contributed by atoms with Gasteiger partial charge in [0.05, 0.1) is 11.7 Å². The molecule has 1 atom stereocenters. The number of halogens is 2. The quantitative estimate of drug-likeness (QED) is 0.643. The number of carbonyl (C=O) groups is 1. The number of hydrogen-bond donors (Lipinski definition) is 1. The minimum Gasteiger partial charge on any atom is -0.434 e. The Balaban J connectivity index is 1.82. The van der Waals surface area contributed by atoms with Gasteiger partial charge in [-0.1, -0.05) is 43.3 Å². The molecule has 0 radical (unpaired) electrons. The third-order valence-corrected chi connectivity index (χ3v) is 4.34. The van der Waals surface area contributed by atoms with E-state index >= 15 is 0 Å². The maximum Gasteiger partial charge on any atom is 0.387 e. The molecule has 0 fully saturated rings. The lowest BCUT2D eigenvalue weighted by molar-refractivity contribution is -0.0506. The zero-order valence-electron chi connectivity index (χ0n) is 15.6. The van der Waals surface area contributed by atoms with Crippen molar-refractivity contribution < 1.29 is 18.3 Å². The summed E-state index contributed by atoms with van der Waals surface area (Å²) in [6.45, 7) is 0.788. The number of para-hydroxylation sites is 2. The van der Waals surface area contributed by atoms with Crippen molar-refractivity contribution in [1.82, 2.24) is 15.1 Å². The highest BCUT2D eigenvalue weighted by Crippen LogP contribution is 2.28. The first-order chi connectivity index (χ1) is 13.5. The lowest BCUT2D eigenvalue weighted by Crippen LogP contribution is -2.29. The van der Waals surface area contributed by atoms with E-state index in [4.69, 9.17) is 0 Å². The number of aromatic nitrogens is 2. The first-order valence-corrected chi connectivity index (χ1v) is 8.96. The first kappa shape index (κ1) is 19.5. The topological polar surface area (TPSA) is 56.2 Å². The van der Waals surface area contributed by atoms with Crippen molar-refractivity contribution in [2.45, 2.75) is 32.9 Å². The minimum atomic E-state index is -2.93. The van der Waals surface area contributed by atoms with Crippen molar-refractivity contribution in [3.05, 3.63) is 77.6 Å². The zero-order chi connectivity index (χ0) is 20.1. The third-order valence-electron chi connectivity index (χ3n) is 4.34. The van der Waals surface area contributed by atoms with E-state index < -0.39 is 12.7 Å². The number of amides is 1. The molecule has 1 N–H and O–H groups in total. The Morgan fingerprint density at radius 3 is 2.50 bits per heavy atom. The molecular formula is C21H21F2N3O2. The smallest absolute Gasteiger partial charge is 0.387 e. The van der Waals surface area contributed by atoms with E-state index in [-0.39, 0.29) is 17.4 Å². The van der Waals surface area contributed by atoms with Gasteiger partial charge in [-0.2, -0.15) is 13.9 Å². The van der Waals surface area contributed by atoms with Crippen molar-refractivity contribution in [3.8, 4) is 11.4 Å². The first-order valence-electron chi connectivity index (χ1n) is 8.96. The highest BCUT2D eigenvalue weighted by atomic mass is 19.3. The molecule has 1 aromatic heterocycles. The number of nitrogens with one attached hydrogen (secondary N) is 1. The molecule has 0 saturated heterocycles. The van der Waals surface area contributed by atoms with E-state index in [0.29, 0.717) is 12.0 Å². The second-order valence-electron chi connectivity index (χ2n) is 6.27. The SMILES string of the molecule is CCC(NC(=O)c1cc(C)n(-c2ccccc2)n1)c1ccccc1OC(F)F. The second-order valence-corrected chi connectivity index (χ2v) is 6.27. The summed E-state index contributed by atoms with van der Waals surface area (Å²) < 4.78 is 31.6. The van der Waals surface area contributed by atoms with Crippen LogP contribution in [0.5, 0.6) is 5.75 Å². The molecule has 0 aliphatic carbocycles. The molecule has 0 aliphatic heterocycles. The number of benzene rings is 2. The molecule has 3 rings (SSSR count). The highest BCUT2D eigenvalue weighted by molar-refractivity contribution is 5.92. The summed E-state index contributed by atoms with van der Waals surface area (Å²) in [6, 6.07) is 17.2. The number of alkyl halides is 2. The number of carbonyl (C=O) groups excluding carboxylic acids is 1. The van der Waals surface area contributed by atoms with Gasteiger partial charge >= 0.3 is 6.61 Å². The van der Waals surface area contributed by atoms with Gasteiger partial charge in [-0.3, -0.25) is 4.79 Å². The van der Waals surface area contributed by atoms with E-state index in [1.807, 2.05) is 44.2 Å². The lowest BCUT2D eigenvalue weighted by atomic mass is 10.0. The van der Waals surface area contributed by atoms with Gasteiger partial charge in [0.25, 0.3) is 5.91 Å². The molecule has 2 aromatic carbocycles. The fourth-order valence-electron chi connectivity index (χ4n) is 3.02. The molecule has 1 unspecified atom stereocenters. The molecule has 0 aliphatic rings. The second kappa shape index (κ2) is 8.65. The van der Waals surface area contributed by atoms with Crippen molar-refractivity contribution in [3.63, 3.8) is 0 Å². The van der Waals surface area contributed by atoms with Crippen LogP contribution in [0.4, 0.5) is 8.78 Å². The molecule has 0 bridgehead atoms. The molecule has 146 valence electrons. The average molecular weight is 385 g/mol. The van der Waals surface area contributed by atoms with Gasteiger partial charge in [-0.25, -0.2) is 4.68 Å². The van der Waals surface area contributed by atoms with Crippen LogP contribution in [0, 0.1) is 6.92 Å². The fraction of sp³-hybridized carbons (Fsp3) is 0.238. The molecule has 3 aromatic rings. The van der Waals surface area contributed by atoms with Gasteiger partial charge in [0.1, 0.15) is 5.75 Å². The Morgan fingerprint density at radius 1 is 1.14 bits per heavy atom. The monoisotopic (exact) mass is 385 g/mol. The molecule has 1 amide bonds. The molecule has 1 heterocycles. The summed E-state index contributed by atoms with van der Waals surface area (Å²) in [5, 5.41) is 7.25. The Morgan fingerprint density at radius 2 is 1.82 bits per heavy atom. The number of hydrogen-bond acceptors (Lipinski definition) is 3.